The maximum atomic E-state index is 5.94. The number of nitrogens with zero attached hydrogens (tertiary/aromatic N) is 1. The minimum Gasteiger partial charge on any atom is -0.383 e. The largest absolute Gasteiger partial charge is 0.383 e. The molecule has 0 aromatic carbocycles. The van der Waals surface area contributed by atoms with Gasteiger partial charge in [0.15, 0.2) is 0 Å². The SMILES string of the molecule is CCNC(c1c(C)ccnc1N)C(C)OC. The van der Waals surface area contributed by atoms with Crippen LogP contribution in [0.25, 0.3) is 0 Å². The van der Waals surface area contributed by atoms with Crippen molar-refractivity contribution >= 4 is 5.82 Å². The van der Waals surface area contributed by atoms with Gasteiger partial charge in [-0.05, 0) is 32.0 Å². The fraction of sp³-hybridized carbons (Fsp3) is 0.583. The summed E-state index contributed by atoms with van der Waals surface area (Å²) in [5.74, 6) is 0.579. The molecule has 1 aromatic heterocycles. The molecule has 0 spiro atoms. The molecule has 90 valence electrons. The lowest BCUT2D eigenvalue weighted by molar-refractivity contribution is 0.0835. The molecule has 4 nitrogen and oxygen atoms in total. The lowest BCUT2D eigenvalue weighted by atomic mass is 9.98. The average molecular weight is 223 g/mol. The molecule has 4 heteroatoms. The standard InChI is InChI=1S/C12H21N3O/c1-5-14-11(9(3)16-4)10-8(2)6-7-15-12(10)13/h6-7,9,11,14H,5H2,1-4H3,(H2,13,15). The van der Waals surface area contributed by atoms with Crippen LogP contribution in [0.3, 0.4) is 0 Å². The molecule has 0 bridgehead atoms. The number of nitrogen functional groups attached to an aromatic ring is 1. The summed E-state index contributed by atoms with van der Waals surface area (Å²) < 4.78 is 5.38. The lowest BCUT2D eigenvalue weighted by Gasteiger charge is -2.26. The van der Waals surface area contributed by atoms with Gasteiger partial charge in [-0.1, -0.05) is 6.92 Å². The molecule has 0 aliphatic carbocycles. The Balaban J connectivity index is 3.09. The van der Waals surface area contributed by atoms with Crippen LogP contribution in [0.15, 0.2) is 12.3 Å². The van der Waals surface area contributed by atoms with Gasteiger partial charge >= 0.3 is 0 Å². The Morgan fingerprint density at radius 1 is 1.56 bits per heavy atom. The summed E-state index contributed by atoms with van der Waals surface area (Å²) >= 11 is 0. The number of pyridine rings is 1. The third-order valence-electron chi connectivity index (χ3n) is 2.82. The summed E-state index contributed by atoms with van der Waals surface area (Å²) in [7, 11) is 1.71. The number of hydrogen-bond donors (Lipinski definition) is 2. The summed E-state index contributed by atoms with van der Waals surface area (Å²) in [6.07, 6.45) is 1.79. The second-order valence-electron chi connectivity index (χ2n) is 3.90. The van der Waals surface area contributed by atoms with E-state index >= 15 is 0 Å². The number of anilines is 1. The van der Waals surface area contributed by atoms with Gasteiger partial charge in [0.2, 0.25) is 0 Å². The Hall–Kier alpha value is -1.13. The highest BCUT2D eigenvalue weighted by Gasteiger charge is 2.22. The number of rotatable bonds is 5. The van der Waals surface area contributed by atoms with E-state index in [-0.39, 0.29) is 12.1 Å². The molecular formula is C12H21N3O. The minimum atomic E-state index is 0.0603. The molecule has 0 radical (unpaired) electrons. The summed E-state index contributed by atoms with van der Waals surface area (Å²) in [5, 5.41) is 3.39. The molecule has 0 amide bonds. The predicted molar refractivity (Wildman–Crippen MR) is 66.3 cm³/mol. The van der Waals surface area contributed by atoms with Crippen LogP contribution in [0.2, 0.25) is 0 Å². The van der Waals surface area contributed by atoms with E-state index in [4.69, 9.17) is 10.5 Å². The molecule has 1 aromatic rings. The fourth-order valence-electron chi connectivity index (χ4n) is 1.85. The van der Waals surface area contributed by atoms with Gasteiger partial charge in [-0.25, -0.2) is 4.98 Å². The molecule has 0 fully saturated rings. The number of hydrogen-bond acceptors (Lipinski definition) is 4. The summed E-state index contributed by atoms with van der Waals surface area (Å²) in [6.45, 7) is 7.00. The zero-order chi connectivity index (χ0) is 12.1. The Kier molecular flexibility index (Phi) is 4.71. The summed E-state index contributed by atoms with van der Waals surface area (Å²) in [5.41, 5.74) is 8.12. The Morgan fingerprint density at radius 3 is 2.75 bits per heavy atom. The van der Waals surface area contributed by atoms with Crippen molar-refractivity contribution < 1.29 is 4.74 Å². The van der Waals surface area contributed by atoms with E-state index in [0.717, 1.165) is 17.7 Å². The first kappa shape index (κ1) is 12.9. The van der Waals surface area contributed by atoms with Crippen LogP contribution in [0.5, 0.6) is 0 Å². The predicted octanol–water partition coefficient (Wildman–Crippen LogP) is 1.66. The number of nitrogens with one attached hydrogen (secondary N) is 1. The van der Waals surface area contributed by atoms with Crippen LogP contribution >= 0.6 is 0 Å². The highest BCUT2D eigenvalue weighted by atomic mass is 16.5. The first-order chi connectivity index (χ1) is 7.61. The van der Waals surface area contributed by atoms with Gasteiger partial charge < -0.3 is 15.8 Å². The maximum Gasteiger partial charge on any atom is 0.128 e. The van der Waals surface area contributed by atoms with Crippen molar-refractivity contribution in [2.24, 2.45) is 0 Å². The quantitative estimate of drug-likeness (QED) is 0.797. The van der Waals surface area contributed by atoms with Gasteiger partial charge in [0.1, 0.15) is 5.82 Å². The molecule has 0 saturated carbocycles. The van der Waals surface area contributed by atoms with Crippen LogP contribution in [-0.4, -0.2) is 24.7 Å². The molecule has 16 heavy (non-hydrogen) atoms. The number of ether oxygens (including phenoxy) is 1. The fourth-order valence-corrected chi connectivity index (χ4v) is 1.85. The van der Waals surface area contributed by atoms with Crippen LogP contribution in [0.1, 0.15) is 31.0 Å². The van der Waals surface area contributed by atoms with Gasteiger partial charge in [-0.2, -0.15) is 0 Å². The minimum absolute atomic E-state index is 0.0603. The topological polar surface area (TPSA) is 60.2 Å². The number of aryl methyl sites for hydroxylation is 1. The van der Waals surface area contributed by atoms with Crippen LogP contribution in [0, 0.1) is 6.92 Å². The zero-order valence-corrected chi connectivity index (χ0v) is 10.4. The van der Waals surface area contributed by atoms with Crippen molar-refractivity contribution in [3.05, 3.63) is 23.4 Å². The van der Waals surface area contributed by atoms with Gasteiger partial charge in [-0.15, -0.1) is 0 Å². The third-order valence-corrected chi connectivity index (χ3v) is 2.82. The molecule has 0 saturated heterocycles. The number of likely N-dealkylation sites (N-methyl/N-ethyl adjacent to an activating group) is 1. The van der Waals surface area contributed by atoms with Crippen molar-refractivity contribution in [3.8, 4) is 0 Å². The summed E-state index contributed by atoms with van der Waals surface area (Å²) in [6, 6.07) is 2.06. The normalized spacial score (nSPS) is 14.8. The maximum absolute atomic E-state index is 5.94. The van der Waals surface area contributed by atoms with E-state index < -0.39 is 0 Å². The lowest BCUT2D eigenvalue weighted by Crippen LogP contribution is -2.32. The Labute approximate surface area is 97.2 Å². The van der Waals surface area contributed by atoms with E-state index in [0.29, 0.717) is 5.82 Å². The average Bonchev–Trinajstić information content (AvgIpc) is 2.26. The number of nitrogens with two attached hydrogens (primary N) is 1. The number of aromatic nitrogens is 1. The molecule has 1 heterocycles. The van der Waals surface area contributed by atoms with Crippen molar-refractivity contribution in [3.63, 3.8) is 0 Å². The van der Waals surface area contributed by atoms with Crippen LogP contribution in [0.4, 0.5) is 5.82 Å². The number of methoxy groups -OCH3 is 1. The van der Waals surface area contributed by atoms with Gasteiger partial charge in [-0.3, -0.25) is 0 Å². The van der Waals surface area contributed by atoms with Crippen LogP contribution in [-0.2, 0) is 4.74 Å². The Bertz CT molecular complexity index is 321. The smallest absolute Gasteiger partial charge is 0.128 e. The molecule has 0 aliphatic heterocycles. The highest BCUT2D eigenvalue weighted by Crippen LogP contribution is 2.26. The summed E-state index contributed by atoms with van der Waals surface area (Å²) in [4.78, 5) is 4.14. The van der Waals surface area contributed by atoms with E-state index in [1.54, 1.807) is 13.3 Å². The zero-order valence-electron chi connectivity index (χ0n) is 10.4. The monoisotopic (exact) mass is 223 g/mol. The molecule has 0 aliphatic rings. The van der Waals surface area contributed by atoms with Gasteiger partial charge in [0, 0.05) is 18.9 Å². The van der Waals surface area contributed by atoms with Crippen LogP contribution < -0.4 is 11.1 Å². The molecular weight excluding hydrogens is 202 g/mol. The van der Waals surface area contributed by atoms with Crippen molar-refractivity contribution in [2.45, 2.75) is 32.9 Å². The molecule has 2 unspecified atom stereocenters. The van der Waals surface area contributed by atoms with Gasteiger partial charge in [0.25, 0.3) is 0 Å². The van der Waals surface area contributed by atoms with E-state index in [1.807, 2.05) is 19.9 Å². The van der Waals surface area contributed by atoms with Gasteiger partial charge in [0.05, 0.1) is 12.1 Å². The second-order valence-corrected chi connectivity index (χ2v) is 3.90. The van der Waals surface area contributed by atoms with E-state index in [2.05, 4.69) is 17.2 Å². The second kappa shape index (κ2) is 5.82. The first-order valence-corrected chi connectivity index (χ1v) is 5.59. The third kappa shape index (κ3) is 2.71. The molecule has 1 rings (SSSR count). The van der Waals surface area contributed by atoms with Crippen molar-refractivity contribution in [1.29, 1.82) is 0 Å². The van der Waals surface area contributed by atoms with E-state index in [1.165, 1.54) is 0 Å². The van der Waals surface area contributed by atoms with Crippen molar-refractivity contribution in [2.75, 3.05) is 19.4 Å². The molecule has 3 N–H and O–H groups in total. The van der Waals surface area contributed by atoms with E-state index in [9.17, 15) is 0 Å². The first-order valence-electron chi connectivity index (χ1n) is 5.59. The Morgan fingerprint density at radius 2 is 2.25 bits per heavy atom. The van der Waals surface area contributed by atoms with Crippen molar-refractivity contribution in [1.82, 2.24) is 10.3 Å². The molecule has 2 atom stereocenters. The highest BCUT2D eigenvalue weighted by molar-refractivity contribution is 5.46.